The first-order chi connectivity index (χ1) is 13.3. The van der Waals surface area contributed by atoms with Crippen molar-refractivity contribution in [2.75, 3.05) is 19.8 Å². The molecular formula is C21H20F3NO3. The Balaban J connectivity index is 1.59. The smallest absolute Gasteiger partial charge is 0.416 e. The van der Waals surface area contributed by atoms with E-state index in [1.807, 2.05) is 19.1 Å². The van der Waals surface area contributed by atoms with Crippen molar-refractivity contribution in [3.8, 4) is 11.5 Å². The number of carbonyl (C=O) groups is 1. The van der Waals surface area contributed by atoms with Crippen LogP contribution in [0.5, 0.6) is 11.5 Å². The predicted octanol–water partition coefficient (Wildman–Crippen LogP) is 4.63. The maximum absolute atomic E-state index is 12.9. The van der Waals surface area contributed by atoms with Crippen LogP contribution in [0.2, 0.25) is 0 Å². The minimum atomic E-state index is -4.42. The minimum absolute atomic E-state index is 0.212. The predicted molar refractivity (Wildman–Crippen MR) is 96.6 cm³/mol. The Morgan fingerprint density at radius 2 is 1.71 bits per heavy atom. The first kappa shape index (κ1) is 18.7. The number of benzene rings is 2. The molecule has 0 spiro atoms. The number of rotatable bonds is 1. The average Bonchev–Trinajstić information content (AvgIpc) is 2.91. The normalized spacial score (nSPS) is 19.0. The number of carbonyl (C=O) groups excluding carboxylic acids is 1. The third kappa shape index (κ3) is 3.41. The van der Waals surface area contributed by atoms with E-state index in [2.05, 4.69) is 0 Å². The summed E-state index contributed by atoms with van der Waals surface area (Å²) in [5.41, 5.74) is 1.57. The first-order valence-electron chi connectivity index (χ1n) is 9.25. The van der Waals surface area contributed by atoms with Gasteiger partial charge in [-0.15, -0.1) is 0 Å². The topological polar surface area (TPSA) is 38.8 Å². The molecule has 1 atom stereocenters. The second kappa shape index (κ2) is 7.04. The van der Waals surface area contributed by atoms with Crippen LogP contribution in [0.15, 0.2) is 36.4 Å². The van der Waals surface area contributed by atoms with Crippen LogP contribution in [-0.4, -0.2) is 30.6 Å². The number of nitrogens with zero attached hydrogens (tertiary/aromatic N) is 1. The van der Waals surface area contributed by atoms with Crippen LogP contribution >= 0.6 is 0 Å². The van der Waals surface area contributed by atoms with Crippen LogP contribution in [0.1, 0.15) is 46.4 Å². The van der Waals surface area contributed by atoms with E-state index in [1.165, 1.54) is 12.1 Å². The van der Waals surface area contributed by atoms with Crippen molar-refractivity contribution >= 4 is 5.91 Å². The molecule has 1 amide bonds. The first-order valence-corrected chi connectivity index (χ1v) is 9.25. The summed E-state index contributed by atoms with van der Waals surface area (Å²) in [4.78, 5) is 14.6. The maximum Gasteiger partial charge on any atom is 0.416 e. The molecule has 0 saturated carbocycles. The van der Waals surface area contributed by atoms with E-state index in [9.17, 15) is 18.0 Å². The molecule has 4 nitrogen and oxygen atoms in total. The van der Waals surface area contributed by atoms with Crippen molar-refractivity contribution in [3.63, 3.8) is 0 Å². The van der Waals surface area contributed by atoms with Crippen LogP contribution in [0, 0.1) is 0 Å². The molecule has 28 heavy (non-hydrogen) atoms. The highest BCUT2D eigenvalue weighted by Crippen LogP contribution is 2.39. The third-order valence-corrected chi connectivity index (χ3v) is 5.27. The fourth-order valence-electron chi connectivity index (χ4n) is 3.72. The molecule has 0 aromatic heterocycles. The summed E-state index contributed by atoms with van der Waals surface area (Å²) >= 11 is 0. The van der Waals surface area contributed by atoms with Crippen molar-refractivity contribution in [2.24, 2.45) is 0 Å². The van der Waals surface area contributed by atoms with Gasteiger partial charge in [0.15, 0.2) is 11.5 Å². The molecule has 0 aliphatic carbocycles. The largest absolute Gasteiger partial charge is 0.490 e. The third-order valence-electron chi connectivity index (χ3n) is 5.27. The van der Waals surface area contributed by atoms with Gasteiger partial charge in [-0.2, -0.15) is 13.2 Å². The molecule has 0 bridgehead atoms. The summed E-state index contributed by atoms with van der Waals surface area (Å²) in [6.07, 6.45) is -2.95. The number of alkyl halides is 3. The van der Waals surface area contributed by atoms with Gasteiger partial charge >= 0.3 is 6.18 Å². The summed E-state index contributed by atoms with van der Waals surface area (Å²) in [6, 6.07) is 8.06. The Bertz CT molecular complexity index is 893. The van der Waals surface area contributed by atoms with Gasteiger partial charge in [0.05, 0.1) is 24.8 Å². The van der Waals surface area contributed by atoms with Gasteiger partial charge in [0, 0.05) is 18.5 Å². The molecular weight excluding hydrogens is 371 g/mol. The molecule has 0 saturated heterocycles. The number of hydrogen-bond donors (Lipinski definition) is 0. The van der Waals surface area contributed by atoms with Gasteiger partial charge in [0.25, 0.3) is 5.91 Å². The lowest BCUT2D eigenvalue weighted by Crippen LogP contribution is -2.38. The lowest BCUT2D eigenvalue weighted by molar-refractivity contribution is -0.137. The van der Waals surface area contributed by atoms with Crippen molar-refractivity contribution in [1.82, 2.24) is 4.90 Å². The monoisotopic (exact) mass is 391 g/mol. The number of amides is 1. The van der Waals surface area contributed by atoms with Crippen LogP contribution in [0.25, 0.3) is 0 Å². The fourth-order valence-corrected chi connectivity index (χ4v) is 3.72. The van der Waals surface area contributed by atoms with Gasteiger partial charge in [-0.1, -0.05) is 0 Å². The molecule has 2 aromatic rings. The number of ether oxygens (including phenoxy) is 2. The zero-order valence-electron chi connectivity index (χ0n) is 15.4. The van der Waals surface area contributed by atoms with Crippen LogP contribution in [0.4, 0.5) is 13.2 Å². The van der Waals surface area contributed by atoms with Gasteiger partial charge in [0.2, 0.25) is 0 Å². The molecule has 4 rings (SSSR count). The molecule has 148 valence electrons. The molecule has 2 aromatic carbocycles. The molecule has 2 aliphatic rings. The van der Waals surface area contributed by atoms with E-state index in [0.717, 1.165) is 35.4 Å². The number of halogens is 3. The summed E-state index contributed by atoms with van der Waals surface area (Å²) in [6.45, 7) is 3.60. The average molecular weight is 391 g/mol. The Hall–Kier alpha value is -2.70. The summed E-state index contributed by atoms with van der Waals surface area (Å²) in [5, 5.41) is 0. The molecule has 0 radical (unpaired) electrons. The van der Waals surface area contributed by atoms with Crippen molar-refractivity contribution < 1.29 is 27.4 Å². The molecule has 0 unspecified atom stereocenters. The minimum Gasteiger partial charge on any atom is -0.490 e. The number of fused-ring (bicyclic) bond motifs is 2. The van der Waals surface area contributed by atoms with Crippen LogP contribution < -0.4 is 9.47 Å². The lowest BCUT2D eigenvalue weighted by Gasteiger charge is -2.36. The highest BCUT2D eigenvalue weighted by Gasteiger charge is 2.32. The van der Waals surface area contributed by atoms with Gasteiger partial charge < -0.3 is 14.4 Å². The Morgan fingerprint density at radius 1 is 1.07 bits per heavy atom. The van der Waals surface area contributed by atoms with Crippen LogP contribution in [-0.2, 0) is 12.6 Å². The zero-order valence-corrected chi connectivity index (χ0v) is 15.4. The van der Waals surface area contributed by atoms with Crippen molar-refractivity contribution in [3.05, 3.63) is 58.7 Å². The van der Waals surface area contributed by atoms with E-state index in [0.29, 0.717) is 31.9 Å². The van der Waals surface area contributed by atoms with Crippen molar-refractivity contribution in [2.45, 2.75) is 32.0 Å². The summed E-state index contributed by atoms with van der Waals surface area (Å²) < 4.78 is 49.7. The molecule has 7 heteroatoms. The second-order valence-electron chi connectivity index (χ2n) is 7.05. The lowest BCUT2D eigenvalue weighted by atomic mass is 9.92. The molecule has 2 aliphatic heterocycles. The quantitative estimate of drug-likeness (QED) is 0.712. The van der Waals surface area contributed by atoms with E-state index in [4.69, 9.17) is 9.47 Å². The highest BCUT2D eigenvalue weighted by atomic mass is 19.4. The van der Waals surface area contributed by atoms with Gasteiger partial charge in [-0.05, 0) is 60.9 Å². The molecule has 0 N–H and O–H groups in total. The standard InChI is InChI=1S/C21H20F3NO3/c1-13-17-12-19-18(27-9-2-10-28-19)11-15(17)7-8-25(13)20(26)14-3-5-16(6-4-14)21(22,23)24/h3-6,11-13H,2,7-10H2,1H3/t13-/m1/s1. The summed E-state index contributed by atoms with van der Waals surface area (Å²) in [7, 11) is 0. The van der Waals surface area contributed by atoms with Gasteiger partial charge in [0.1, 0.15) is 0 Å². The van der Waals surface area contributed by atoms with E-state index >= 15 is 0 Å². The SMILES string of the molecule is C[C@@H]1c2cc3c(cc2CCN1C(=O)c1ccc(C(F)(F)F)cc1)OCCCO3. The van der Waals surface area contributed by atoms with Crippen molar-refractivity contribution in [1.29, 1.82) is 0 Å². The maximum atomic E-state index is 12.9. The molecule has 2 heterocycles. The fraction of sp³-hybridized carbons (Fsp3) is 0.381. The molecule has 0 fully saturated rings. The van der Waals surface area contributed by atoms with Gasteiger partial charge in [-0.3, -0.25) is 4.79 Å². The van der Waals surface area contributed by atoms with E-state index in [1.54, 1.807) is 4.90 Å². The van der Waals surface area contributed by atoms with E-state index < -0.39 is 11.7 Å². The van der Waals surface area contributed by atoms with Gasteiger partial charge in [-0.25, -0.2) is 0 Å². The zero-order chi connectivity index (χ0) is 19.9. The highest BCUT2D eigenvalue weighted by molar-refractivity contribution is 5.94. The van der Waals surface area contributed by atoms with E-state index in [-0.39, 0.29) is 17.5 Å². The Kier molecular flexibility index (Phi) is 4.69. The van der Waals surface area contributed by atoms with Crippen LogP contribution in [0.3, 0.4) is 0 Å². The summed E-state index contributed by atoms with van der Waals surface area (Å²) in [5.74, 6) is 1.12. The Labute approximate surface area is 160 Å². The number of hydrogen-bond acceptors (Lipinski definition) is 3. The second-order valence-corrected chi connectivity index (χ2v) is 7.05. The Morgan fingerprint density at radius 3 is 2.36 bits per heavy atom.